The molecular formula is C12H22O2. The van der Waals surface area contributed by atoms with Gasteiger partial charge in [0.25, 0.3) is 0 Å². The molecule has 0 bridgehead atoms. The number of hydrogen-bond donors (Lipinski definition) is 0. The molecule has 0 N–H and O–H groups in total. The van der Waals surface area contributed by atoms with Crippen molar-refractivity contribution in [2.45, 2.75) is 53.1 Å². The van der Waals surface area contributed by atoms with Crippen LogP contribution in [0.5, 0.6) is 0 Å². The molecule has 0 aliphatic heterocycles. The van der Waals surface area contributed by atoms with Gasteiger partial charge >= 0.3 is 0 Å². The molecule has 14 heavy (non-hydrogen) atoms. The first-order valence-corrected chi connectivity index (χ1v) is 5.60. The minimum Gasteiger partial charge on any atom is -0.378 e. The van der Waals surface area contributed by atoms with E-state index >= 15 is 0 Å². The lowest BCUT2D eigenvalue weighted by atomic mass is 9.71. The lowest BCUT2D eigenvalue weighted by Gasteiger charge is -2.35. The molecule has 82 valence electrons. The Labute approximate surface area is 87.0 Å². The zero-order valence-corrected chi connectivity index (χ0v) is 9.80. The van der Waals surface area contributed by atoms with Crippen LogP contribution in [0.2, 0.25) is 0 Å². The van der Waals surface area contributed by atoms with Crippen molar-refractivity contribution < 1.29 is 9.53 Å². The van der Waals surface area contributed by atoms with E-state index in [0.717, 1.165) is 19.3 Å². The van der Waals surface area contributed by atoms with Crippen molar-refractivity contribution in [3.05, 3.63) is 0 Å². The van der Waals surface area contributed by atoms with E-state index in [1.165, 1.54) is 0 Å². The minimum absolute atomic E-state index is 0.101. The molecular weight excluding hydrogens is 176 g/mol. The summed E-state index contributed by atoms with van der Waals surface area (Å²) >= 11 is 0. The molecule has 0 spiro atoms. The van der Waals surface area contributed by atoms with Crippen molar-refractivity contribution in [1.82, 2.24) is 0 Å². The van der Waals surface area contributed by atoms with Gasteiger partial charge in [0.1, 0.15) is 5.78 Å². The third-order valence-corrected chi connectivity index (χ3v) is 3.19. The second-order valence-electron chi connectivity index (χ2n) is 5.11. The summed E-state index contributed by atoms with van der Waals surface area (Å²) in [6.07, 6.45) is 2.95. The van der Waals surface area contributed by atoms with Gasteiger partial charge in [-0.2, -0.15) is 0 Å². The topological polar surface area (TPSA) is 26.3 Å². The predicted molar refractivity (Wildman–Crippen MR) is 57.2 cm³/mol. The van der Waals surface area contributed by atoms with Gasteiger partial charge in [0.2, 0.25) is 0 Å². The lowest BCUT2D eigenvalue weighted by Crippen LogP contribution is -2.36. The fourth-order valence-electron chi connectivity index (χ4n) is 2.27. The average molecular weight is 198 g/mol. The summed E-state index contributed by atoms with van der Waals surface area (Å²) in [5.74, 6) is 0.533. The average Bonchev–Trinajstić information content (AvgIpc) is 2.02. The fourth-order valence-corrected chi connectivity index (χ4v) is 2.27. The Morgan fingerprint density at radius 2 is 2.21 bits per heavy atom. The number of ether oxygens (including phenoxy) is 1. The summed E-state index contributed by atoms with van der Waals surface area (Å²) in [4.78, 5) is 11.8. The van der Waals surface area contributed by atoms with Crippen molar-refractivity contribution in [2.75, 3.05) is 6.61 Å². The van der Waals surface area contributed by atoms with Crippen molar-refractivity contribution in [1.29, 1.82) is 0 Å². The molecule has 0 aromatic carbocycles. The normalized spacial score (nSPS) is 28.9. The SMILES string of the molecule is CCOC(C)C1CCC(C)(C)CC1=O. The molecule has 0 heterocycles. The maximum Gasteiger partial charge on any atom is 0.139 e. The maximum absolute atomic E-state index is 11.8. The van der Waals surface area contributed by atoms with Crippen LogP contribution in [0.15, 0.2) is 0 Å². The Hall–Kier alpha value is -0.370. The van der Waals surface area contributed by atoms with E-state index in [1.807, 2.05) is 13.8 Å². The fraction of sp³-hybridized carbons (Fsp3) is 0.917. The molecule has 0 saturated heterocycles. The number of rotatable bonds is 3. The molecule has 0 radical (unpaired) electrons. The van der Waals surface area contributed by atoms with Crippen LogP contribution in [0.1, 0.15) is 47.0 Å². The van der Waals surface area contributed by atoms with Gasteiger partial charge in [0.15, 0.2) is 0 Å². The molecule has 1 rings (SSSR count). The number of carbonyl (C=O) groups is 1. The Bertz CT molecular complexity index is 208. The Balaban J connectivity index is 2.54. The Kier molecular flexibility index (Phi) is 3.71. The second kappa shape index (κ2) is 4.43. The number of carbonyl (C=O) groups excluding carboxylic acids is 1. The van der Waals surface area contributed by atoms with Gasteiger partial charge in [-0.3, -0.25) is 4.79 Å². The summed E-state index contributed by atoms with van der Waals surface area (Å²) in [5, 5.41) is 0. The van der Waals surface area contributed by atoms with Gasteiger partial charge in [-0.05, 0) is 32.1 Å². The second-order valence-corrected chi connectivity index (χ2v) is 5.11. The monoisotopic (exact) mass is 198 g/mol. The zero-order valence-electron chi connectivity index (χ0n) is 9.80. The van der Waals surface area contributed by atoms with Crippen LogP contribution in [0.25, 0.3) is 0 Å². The van der Waals surface area contributed by atoms with E-state index in [-0.39, 0.29) is 17.4 Å². The van der Waals surface area contributed by atoms with Crippen LogP contribution in [-0.2, 0) is 9.53 Å². The van der Waals surface area contributed by atoms with Crippen LogP contribution >= 0.6 is 0 Å². The summed E-state index contributed by atoms with van der Waals surface area (Å²) < 4.78 is 5.50. The Morgan fingerprint density at radius 1 is 1.57 bits per heavy atom. The highest BCUT2D eigenvalue weighted by Gasteiger charge is 2.36. The number of Topliss-reactive ketones (excluding diaryl/α,β-unsaturated/α-hetero) is 1. The molecule has 2 nitrogen and oxygen atoms in total. The molecule has 2 unspecified atom stereocenters. The van der Waals surface area contributed by atoms with E-state index in [9.17, 15) is 4.79 Å². The minimum atomic E-state index is 0.101. The van der Waals surface area contributed by atoms with Crippen LogP contribution in [0.4, 0.5) is 0 Å². The quantitative estimate of drug-likeness (QED) is 0.697. The lowest BCUT2D eigenvalue weighted by molar-refractivity contribution is -0.133. The maximum atomic E-state index is 11.8. The first-order chi connectivity index (χ1) is 6.46. The van der Waals surface area contributed by atoms with Gasteiger partial charge in [-0.25, -0.2) is 0 Å². The van der Waals surface area contributed by atoms with Gasteiger partial charge in [0, 0.05) is 18.9 Å². The summed E-state index contributed by atoms with van der Waals surface area (Å²) in [7, 11) is 0. The third kappa shape index (κ3) is 2.81. The van der Waals surface area contributed by atoms with Crippen LogP contribution in [0, 0.1) is 11.3 Å². The van der Waals surface area contributed by atoms with Crippen molar-refractivity contribution in [3.63, 3.8) is 0 Å². The molecule has 0 aromatic rings. The molecule has 2 atom stereocenters. The Morgan fingerprint density at radius 3 is 2.71 bits per heavy atom. The summed E-state index contributed by atoms with van der Waals surface area (Å²) in [6.45, 7) is 9.05. The third-order valence-electron chi connectivity index (χ3n) is 3.19. The standard InChI is InChI=1S/C12H22O2/c1-5-14-9(2)10-6-7-12(3,4)8-11(10)13/h9-10H,5-8H2,1-4H3. The first kappa shape index (κ1) is 11.7. The molecule has 1 saturated carbocycles. The molecule has 0 amide bonds. The highest BCUT2D eigenvalue weighted by atomic mass is 16.5. The zero-order chi connectivity index (χ0) is 10.8. The van der Waals surface area contributed by atoms with Gasteiger partial charge < -0.3 is 4.74 Å². The predicted octanol–water partition coefficient (Wildman–Crippen LogP) is 2.81. The van der Waals surface area contributed by atoms with Gasteiger partial charge in [-0.1, -0.05) is 13.8 Å². The van der Waals surface area contributed by atoms with Crippen molar-refractivity contribution in [3.8, 4) is 0 Å². The molecule has 0 aromatic heterocycles. The van der Waals surface area contributed by atoms with Gasteiger partial charge in [0.05, 0.1) is 6.10 Å². The summed E-state index contributed by atoms with van der Waals surface area (Å²) in [5.41, 5.74) is 0.208. The molecule has 1 fully saturated rings. The molecule has 1 aliphatic carbocycles. The van der Waals surface area contributed by atoms with Crippen LogP contribution in [0.3, 0.4) is 0 Å². The molecule has 2 heteroatoms. The first-order valence-electron chi connectivity index (χ1n) is 5.60. The highest BCUT2D eigenvalue weighted by molar-refractivity contribution is 5.82. The number of hydrogen-bond acceptors (Lipinski definition) is 2. The van der Waals surface area contributed by atoms with E-state index < -0.39 is 0 Å². The smallest absolute Gasteiger partial charge is 0.139 e. The highest BCUT2D eigenvalue weighted by Crippen LogP contribution is 2.37. The van der Waals surface area contributed by atoms with Crippen LogP contribution < -0.4 is 0 Å². The van der Waals surface area contributed by atoms with Crippen molar-refractivity contribution >= 4 is 5.78 Å². The van der Waals surface area contributed by atoms with E-state index in [2.05, 4.69) is 13.8 Å². The van der Waals surface area contributed by atoms with Crippen LogP contribution in [-0.4, -0.2) is 18.5 Å². The number of ketones is 1. The van der Waals surface area contributed by atoms with E-state index in [4.69, 9.17) is 4.74 Å². The van der Waals surface area contributed by atoms with E-state index in [1.54, 1.807) is 0 Å². The van der Waals surface area contributed by atoms with E-state index in [0.29, 0.717) is 12.4 Å². The van der Waals surface area contributed by atoms with Gasteiger partial charge in [-0.15, -0.1) is 0 Å². The van der Waals surface area contributed by atoms with Crippen molar-refractivity contribution in [2.24, 2.45) is 11.3 Å². The molecule has 1 aliphatic rings. The largest absolute Gasteiger partial charge is 0.378 e. The summed E-state index contributed by atoms with van der Waals surface area (Å²) in [6, 6.07) is 0.